The van der Waals surface area contributed by atoms with Crippen molar-refractivity contribution >= 4 is 23.2 Å². The molecule has 0 aromatic carbocycles. The maximum absolute atomic E-state index is 6.48. The summed E-state index contributed by atoms with van der Waals surface area (Å²) in [5.74, 6) is 2.36. The van der Waals surface area contributed by atoms with Gasteiger partial charge in [-0.1, -0.05) is 44.7 Å². The van der Waals surface area contributed by atoms with Crippen molar-refractivity contribution in [2.45, 2.75) is 64.8 Å². The molecule has 1 saturated carbocycles. The Bertz CT molecular complexity index is 806. The van der Waals surface area contributed by atoms with Crippen molar-refractivity contribution in [3.05, 3.63) is 29.7 Å². The SMILES string of the molecule is CC.CN(CC1CCOCC1)c1cncc(-c2cc(NC3CCCCC3)ncc2Cl)n1. The Morgan fingerprint density at radius 2 is 1.81 bits per heavy atom. The van der Waals surface area contributed by atoms with Crippen molar-refractivity contribution in [2.75, 3.05) is 37.0 Å². The van der Waals surface area contributed by atoms with Gasteiger partial charge in [0.2, 0.25) is 0 Å². The van der Waals surface area contributed by atoms with E-state index in [1.54, 1.807) is 12.4 Å². The van der Waals surface area contributed by atoms with E-state index in [-0.39, 0.29) is 0 Å². The van der Waals surface area contributed by atoms with Gasteiger partial charge in [-0.15, -0.1) is 0 Å². The molecule has 0 atom stereocenters. The average molecular weight is 446 g/mol. The van der Waals surface area contributed by atoms with E-state index in [1.807, 2.05) is 26.1 Å². The highest BCUT2D eigenvalue weighted by atomic mass is 35.5. The summed E-state index contributed by atoms with van der Waals surface area (Å²) in [5.41, 5.74) is 1.65. The van der Waals surface area contributed by atoms with Crippen LogP contribution in [0.15, 0.2) is 24.7 Å². The molecule has 1 N–H and O–H groups in total. The lowest BCUT2D eigenvalue weighted by Crippen LogP contribution is -2.30. The number of hydrogen-bond acceptors (Lipinski definition) is 6. The number of anilines is 2. The molecular weight excluding hydrogens is 410 g/mol. The molecule has 0 radical (unpaired) electrons. The number of ether oxygens (including phenoxy) is 1. The van der Waals surface area contributed by atoms with E-state index in [1.165, 1.54) is 32.1 Å². The van der Waals surface area contributed by atoms with E-state index >= 15 is 0 Å². The molecule has 0 unspecified atom stereocenters. The molecule has 170 valence electrons. The van der Waals surface area contributed by atoms with Gasteiger partial charge in [0.1, 0.15) is 11.6 Å². The monoisotopic (exact) mass is 445 g/mol. The highest BCUT2D eigenvalue weighted by Gasteiger charge is 2.18. The third-order valence-corrected chi connectivity index (χ3v) is 6.28. The lowest BCUT2D eigenvalue weighted by molar-refractivity contribution is 0.0685. The number of aromatic nitrogens is 3. The maximum Gasteiger partial charge on any atom is 0.147 e. The fourth-order valence-corrected chi connectivity index (χ4v) is 4.45. The van der Waals surface area contributed by atoms with Crippen LogP contribution in [0.3, 0.4) is 0 Å². The topological polar surface area (TPSA) is 63.2 Å². The molecule has 2 aromatic heterocycles. The summed E-state index contributed by atoms with van der Waals surface area (Å²) in [5, 5.41) is 4.16. The maximum atomic E-state index is 6.48. The Morgan fingerprint density at radius 3 is 2.55 bits per heavy atom. The highest BCUT2D eigenvalue weighted by molar-refractivity contribution is 6.33. The molecule has 0 spiro atoms. The van der Waals surface area contributed by atoms with E-state index in [0.29, 0.717) is 17.0 Å². The van der Waals surface area contributed by atoms with Gasteiger partial charge in [-0.05, 0) is 37.7 Å². The molecule has 0 bridgehead atoms. The van der Waals surface area contributed by atoms with Gasteiger partial charge in [-0.25, -0.2) is 9.97 Å². The molecule has 0 amide bonds. The van der Waals surface area contributed by atoms with Crippen molar-refractivity contribution in [3.63, 3.8) is 0 Å². The lowest BCUT2D eigenvalue weighted by Gasteiger charge is -2.27. The molecule has 4 rings (SSSR count). The van der Waals surface area contributed by atoms with Crippen LogP contribution in [0.4, 0.5) is 11.6 Å². The minimum atomic E-state index is 0.494. The first-order chi connectivity index (χ1) is 15.2. The second-order valence-electron chi connectivity index (χ2n) is 8.23. The van der Waals surface area contributed by atoms with Crippen molar-refractivity contribution < 1.29 is 4.74 Å². The van der Waals surface area contributed by atoms with Gasteiger partial charge in [0, 0.05) is 44.6 Å². The third-order valence-electron chi connectivity index (χ3n) is 5.97. The smallest absolute Gasteiger partial charge is 0.147 e. The molecular formula is C24H36ClN5O. The van der Waals surface area contributed by atoms with Gasteiger partial charge in [0.05, 0.1) is 23.1 Å². The Hall–Kier alpha value is -1.92. The first kappa shape index (κ1) is 23.7. The van der Waals surface area contributed by atoms with Crippen LogP contribution in [0.1, 0.15) is 58.8 Å². The van der Waals surface area contributed by atoms with Crippen LogP contribution in [-0.4, -0.2) is 47.8 Å². The van der Waals surface area contributed by atoms with Crippen LogP contribution in [-0.2, 0) is 4.74 Å². The van der Waals surface area contributed by atoms with Gasteiger partial charge in [0.15, 0.2) is 0 Å². The van der Waals surface area contributed by atoms with Gasteiger partial charge < -0.3 is 15.0 Å². The first-order valence-corrected chi connectivity index (χ1v) is 12.1. The molecule has 6 nitrogen and oxygen atoms in total. The standard InChI is InChI=1S/C22H30ClN5O.C2H6/c1-28(15-16-7-9-29-10-8-16)22-14-24-13-20(27-22)18-11-21(25-12-19(18)23)26-17-5-3-2-4-6-17;1-2/h11-14,16-17H,2-10,15H2,1H3,(H,25,26);1-2H3. The molecule has 2 aliphatic rings. The van der Waals surface area contributed by atoms with Crippen LogP contribution in [0.5, 0.6) is 0 Å². The Labute approximate surface area is 191 Å². The quantitative estimate of drug-likeness (QED) is 0.603. The van der Waals surface area contributed by atoms with E-state index in [2.05, 4.69) is 27.2 Å². The lowest BCUT2D eigenvalue weighted by atomic mass is 9.95. The van der Waals surface area contributed by atoms with Crippen molar-refractivity contribution in [1.82, 2.24) is 15.0 Å². The fourth-order valence-electron chi connectivity index (χ4n) is 4.25. The van der Waals surface area contributed by atoms with E-state index in [0.717, 1.165) is 55.5 Å². The van der Waals surface area contributed by atoms with Gasteiger partial charge >= 0.3 is 0 Å². The summed E-state index contributed by atoms with van der Waals surface area (Å²) in [6.45, 7) is 6.67. The van der Waals surface area contributed by atoms with Crippen molar-refractivity contribution in [2.24, 2.45) is 5.92 Å². The third kappa shape index (κ3) is 6.78. The van der Waals surface area contributed by atoms with Crippen molar-refractivity contribution in [3.8, 4) is 11.3 Å². The number of rotatable bonds is 6. The van der Waals surface area contributed by atoms with Crippen molar-refractivity contribution in [1.29, 1.82) is 0 Å². The number of hydrogen-bond donors (Lipinski definition) is 1. The number of nitrogens with zero attached hydrogens (tertiary/aromatic N) is 4. The predicted molar refractivity (Wildman–Crippen MR) is 129 cm³/mol. The predicted octanol–water partition coefficient (Wildman–Crippen LogP) is 5.83. The molecule has 2 fully saturated rings. The van der Waals surface area contributed by atoms with Crippen LogP contribution >= 0.6 is 11.6 Å². The Balaban J connectivity index is 0.00000132. The summed E-state index contributed by atoms with van der Waals surface area (Å²) in [4.78, 5) is 15.9. The molecule has 1 saturated heterocycles. The summed E-state index contributed by atoms with van der Waals surface area (Å²) in [6.07, 6.45) is 13.8. The van der Waals surface area contributed by atoms with Gasteiger partial charge in [-0.2, -0.15) is 0 Å². The molecule has 31 heavy (non-hydrogen) atoms. The zero-order valence-electron chi connectivity index (χ0n) is 19.1. The summed E-state index contributed by atoms with van der Waals surface area (Å²) in [7, 11) is 2.08. The fraction of sp³-hybridized carbons (Fsp3) is 0.625. The Morgan fingerprint density at radius 1 is 1.06 bits per heavy atom. The number of halogens is 1. The van der Waals surface area contributed by atoms with Crippen LogP contribution in [0.25, 0.3) is 11.3 Å². The minimum Gasteiger partial charge on any atom is -0.381 e. The summed E-state index contributed by atoms with van der Waals surface area (Å²) >= 11 is 6.48. The summed E-state index contributed by atoms with van der Waals surface area (Å²) < 4.78 is 5.47. The first-order valence-electron chi connectivity index (χ1n) is 11.7. The molecule has 3 heterocycles. The van der Waals surface area contributed by atoms with E-state index < -0.39 is 0 Å². The van der Waals surface area contributed by atoms with Crippen LogP contribution in [0, 0.1) is 5.92 Å². The molecule has 2 aromatic rings. The van der Waals surface area contributed by atoms with Gasteiger partial charge in [0.25, 0.3) is 0 Å². The zero-order valence-corrected chi connectivity index (χ0v) is 19.9. The van der Waals surface area contributed by atoms with Crippen LogP contribution in [0.2, 0.25) is 5.02 Å². The number of pyridine rings is 1. The van der Waals surface area contributed by atoms with E-state index in [9.17, 15) is 0 Å². The van der Waals surface area contributed by atoms with Crippen LogP contribution < -0.4 is 10.2 Å². The largest absolute Gasteiger partial charge is 0.381 e. The highest BCUT2D eigenvalue weighted by Crippen LogP contribution is 2.30. The average Bonchev–Trinajstić information content (AvgIpc) is 2.83. The summed E-state index contributed by atoms with van der Waals surface area (Å²) in [6, 6.07) is 2.50. The molecule has 1 aliphatic carbocycles. The second-order valence-corrected chi connectivity index (χ2v) is 8.63. The second kappa shape index (κ2) is 12.2. The normalized spacial score (nSPS) is 17.5. The Kier molecular flexibility index (Phi) is 9.34. The molecule has 1 aliphatic heterocycles. The minimum absolute atomic E-state index is 0.494. The van der Waals surface area contributed by atoms with E-state index in [4.69, 9.17) is 21.3 Å². The number of nitrogens with one attached hydrogen (secondary N) is 1. The molecule has 7 heteroatoms. The van der Waals surface area contributed by atoms with Gasteiger partial charge in [-0.3, -0.25) is 4.98 Å². The zero-order chi connectivity index (χ0) is 22.1.